The lowest BCUT2D eigenvalue weighted by Gasteiger charge is -2.34. The highest BCUT2D eigenvalue weighted by atomic mass is 32.2. The number of rotatable bonds is 6. The van der Waals surface area contributed by atoms with Gasteiger partial charge >= 0.3 is 0 Å². The predicted molar refractivity (Wildman–Crippen MR) is 101 cm³/mol. The molecule has 27 heavy (non-hydrogen) atoms. The zero-order chi connectivity index (χ0) is 19.4. The highest BCUT2D eigenvalue weighted by Crippen LogP contribution is 2.36. The Bertz CT molecular complexity index is 912. The molecular formula is C19H22N2O5S. The molecule has 0 saturated heterocycles. The number of hydrogen-bond donors (Lipinski definition) is 1. The molecule has 1 aliphatic heterocycles. The van der Waals surface area contributed by atoms with Crippen molar-refractivity contribution in [3.63, 3.8) is 0 Å². The number of benzene rings is 2. The van der Waals surface area contributed by atoms with Crippen LogP contribution in [0.3, 0.4) is 0 Å². The van der Waals surface area contributed by atoms with E-state index >= 15 is 0 Å². The van der Waals surface area contributed by atoms with E-state index in [2.05, 4.69) is 5.32 Å². The summed E-state index contributed by atoms with van der Waals surface area (Å²) in [6, 6.07) is 13.4. The second-order valence-corrected chi connectivity index (χ2v) is 8.07. The summed E-state index contributed by atoms with van der Waals surface area (Å²) < 4.78 is 38.3. The maximum Gasteiger partial charge on any atom is 0.264 e. The number of nitrogens with one attached hydrogen (secondary N) is 1. The summed E-state index contributed by atoms with van der Waals surface area (Å²) in [6.45, 7) is 2.47. The van der Waals surface area contributed by atoms with E-state index in [4.69, 9.17) is 9.47 Å². The summed E-state index contributed by atoms with van der Waals surface area (Å²) in [7, 11) is -2.30. The van der Waals surface area contributed by atoms with Crippen LogP contribution in [0, 0.1) is 6.92 Å². The molecule has 144 valence electrons. The van der Waals surface area contributed by atoms with Gasteiger partial charge in [0.25, 0.3) is 15.9 Å². The van der Waals surface area contributed by atoms with Gasteiger partial charge in [-0.1, -0.05) is 29.8 Å². The fourth-order valence-corrected chi connectivity index (χ4v) is 4.27. The fourth-order valence-electron chi connectivity index (χ4n) is 2.79. The Morgan fingerprint density at radius 3 is 2.63 bits per heavy atom. The maximum atomic E-state index is 13.2. The average Bonchev–Trinajstić information content (AvgIpc) is 2.67. The molecule has 2 aromatic rings. The van der Waals surface area contributed by atoms with Gasteiger partial charge in [-0.05, 0) is 31.2 Å². The zero-order valence-electron chi connectivity index (χ0n) is 15.2. The number of amides is 1. The number of anilines is 1. The number of sulfonamides is 1. The molecular weight excluding hydrogens is 368 g/mol. The molecule has 7 nitrogen and oxygen atoms in total. The molecule has 2 aromatic carbocycles. The van der Waals surface area contributed by atoms with E-state index in [-0.39, 0.29) is 17.3 Å². The second-order valence-electron chi connectivity index (χ2n) is 6.21. The quantitative estimate of drug-likeness (QED) is 0.759. The summed E-state index contributed by atoms with van der Waals surface area (Å²) >= 11 is 0. The monoisotopic (exact) mass is 390 g/mol. The smallest absolute Gasteiger partial charge is 0.264 e. The molecule has 1 heterocycles. The van der Waals surface area contributed by atoms with Crippen molar-refractivity contribution in [1.29, 1.82) is 0 Å². The SMILES string of the molecule is COCCNC(=O)C1CN(S(=O)(=O)c2ccc(C)cc2)c2ccccc2O1. The van der Waals surface area contributed by atoms with Crippen LogP contribution in [0.5, 0.6) is 5.75 Å². The number of para-hydroxylation sites is 2. The summed E-state index contributed by atoms with van der Waals surface area (Å²) in [6.07, 6.45) is -0.947. The van der Waals surface area contributed by atoms with Crippen molar-refractivity contribution >= 4 is 21.6 Å². The molecule has 8 heteroatoms. The van der Waals surface area contributed by atoms with E-state index in [1.807, 2.05) is 6.92 Å². The normalized spacial score (nSPS) is 16.4. The Morgan fingerprint density at radius 1 is 1.22 bits per heavy atom. The topological polar surface area (TPSA) is 84.9 Å². The van der Waals surface area contributed by atoms with E-state index in [1.165, 1.54) is 11.4 Å². The van der Waals surface area contributed by atoms with E-state index < -0.39 is 16.1 Å². The molecule has 0 fully saturated rings. The third kappa shape index (κ3) is 4.06. The van der Waals surface area contributed by atoms with Crippen LogP contribution in [0.1, 0.15) is 5.56 Å². The largest absolute Gasteiger partial charge is 0.476 e. The molecule has 1 atom stereocenters. The van der Waals surface area contributed by atoms with Crippen LogP contribution >= 0.6 is 0 Å². The number of ether oxygens (including phenoxy) is 2. The summed E-state index contributed by atoms with van der Waals surface area (Å²) in [4.78, 5) is 12.6. The van der Waals surface area contributed by atoms with E-state index in [9.17, 15) is 13.2 Å². The van der Waals surface area contributed by atoms with Crippen molar-refractivity contribution in [3.8, 4) is 5.75 Å². The highest BCUT2D eigenvalue weighted by Gasteiger charge is 2.37. The first-order chi connectivity index (χ1) is 12.9. The lowest BCUT2D eigenvalue weighted by Crippen LogP contribution is -2.51. The molecule has 0 spiro atoms. The van der Waals surface area contributed by atoms with Crippen LogP contribution in [0.4, 0.5) is 5.69 Å². The number of hydrogen-bond acceptors (Lipinski definition) is 5. The van der Waals surface area contributed by atoms with Crippen molar-refractivity contribution in [3.05, 3.63) is 54.1 Å². The van der Waals surface area contributed by atoms with Gasteiger partial charge < -0.3 is 14.8 Å². The van der Waals surface area contributed by atoms with E-state index in [0.29, 0.717) is 24.6 Å². The number of carbonyl (C=O) groups excluding carboxylic acids is 1. The van der Waals surface area contributed by atoms with Crippen LogP contribution in [-0.4, -0.2) is 47.2 Å². The minimum Gasteiger partial charge on any atom is -0.476 e. The predicted octanol–water partition coefficient (Wildman–Crippen LogP) is 1.71. The Hall–Kier alpha value is -2.58. The van der Waals surface area contributed by atoms with Gasteiger partial charge in [0.2, 0.25) is 0 Å². The standard InChI is InChI=1S/C19H22N2O5S/c1-14-7-9-15(10-8-14)27(23,24)21-13-18(19(22)20-11-12-25-2)26-17-6-4-3-5-16(17)21/h3-10,18H,11-13H2,1-2H3,(H,20,22). The molecule has 0 aliphatic carbocycles. The molecule has 0 aromatic heterocycles. The maximum absolute atomic E-state index is 13.2. The van der Waals surface area contributed by atoms with Crippen molar-refractivity contribution in [2.75, 3.05) is 31.1 Å². The molecule has 1 N–H and O–H groups in total. The van der Waals surface area contributed by atoms with E-state index in [1.54, 1.807) is 48.5 Å². The first kappa shape index (κ1) is 19.2. The van der Waals surface area contributed by atoms with Gasteiger partial charge in [-0.15, -0.1) is 0 Å². The minimum absolute atomic E-state index is 0.105. The van der Waals surface area contributed by atoms with Crippen LogP contribution in [0.2, 0.25) is 0 Å². The zero-order valence-corrected chi connectivity index (χ0v) is 16.0. The van der Waals surface area contributed by atoms with Crippen LogP contribution in [0.25, 0.3) is 0 Å². The first-order valence-electron chi connectivity index (χ1n) is 8.55. The van der Waals surface area contributed by atoms with Gasteiger partial charge in [0.1, 0.15) is 5.75 Å². The van der Waals surface area contributed by atoms with Crippen LogP contribution < -0.4 is 14.4 Å². The van der Waals surface area contributed by atoms with Crippen molar-refractivity contribution in [2.45, 2.75) is 17.9 Å². The highest BCUT2D eigenvalue weighted by molar-refractivity contribution is 7.92. The van der Waals surface area contributed by atoms with Crippen molar-refractivity contribution in [2.24, 2.45) is 0 Å². The second kappa shape index (κ2) is 7.98. The van der Waals surface area contributed by atoms with Crippen molar-refractivity contribution < 1.29 is 22.7 Å². The lowest BCUT2D eigenvalue weighted by atomic mass is 10.2. The molecule has 0 saturated carbocycles. The molecule has 0 radical (unpaired) electrons. The van der Waals surface area contributed by atoms with Gasteiger partial charge in [0, 0.05) is 13.7 Å². The first-order valence-corrected chi connectivity index (χ1v) is 9.99. The van der Waals surface area contributed by atoms with Gasteiger partial charge in [0.15, 0.2) is 6.10 Å². The number of nitrogens with zero attached hydrogens (tertiary/aromatic N) is 1. The molecule has 1 unspecified atom stereocenters. The number of methoxy groups -OCH3 is 1. The van der Waals surface area contributed by atoms with Crippen molar-refractivity contribution in [1.82, 2.24) is 5.32 Å². The number of carbonyl (C=O) groups is 1. The fraction of sp³-hybridized carbons (Fsp3) is 0.316. The Kier molecular flexibility index (Phi) is 5.67. The molecule has 1 aliphatic rings. The van der Waals surface area contributed by atoms with Crippen LogP contribution in [-0.2, 0) is 19.6 Å². The molecule has 1 amide bonds. The number of fused-ring (bicyclic) bond motifs is 1. The summed E-state index contributed by atoms with van der Waals surface area (Å²) in [5.41, 5.74) is 1.38. The lowest BCUT2D eigenvalue weighted by molar-refractivity contribution is -0.127. The summed E-state index contributed by atoms with van der Waals surface area (Å²) in [5, 5.41) is 2.69. The average molecular weight is 390 g/mol. The Morgan fingerprint density at radius 2 is 1.93 bits per heavy atom. The van der Waals surface area contributed by atoms with Gasteiger partial charge in [-0.2, -0.15) is 0 Å². The third-order valence-electron chi connectivity index (χ3n) is 4.24. The van der Waals surface area contributed by atoms with Gasteiger partial charge in [-0.25, -0.2) is 8.42 Å². The molecule has 3 rings (SSSR count). The number of aryl methyl sites for hydroxylation is 1. The van der Waals surface area contributed by atoms with Crippen LogP contribution in [0.15, 0.2) is 53.4 Å². The van der Waals surface area contributed by atoms with Gasteiger partial charge in [0.05, 0.1) is 23.7 Å². The van der Waals surface area contributed by atoms with Gasteiger partial charge in [-0.3, -0.25) is 9.10 Å². The third-order valence-corrected chi connectivity index (χ3v) is 6.04. The van der Waals surface area contributed by atoms with E-state index in [0.717, 1.165) is 5.56 Å². The summed E-state index contributed by atoms with van der Waals surface area (Å²) in [5.74, 6) is -0.0306. The Labute approximate surface area is 158 Å². The molecule has 0 bridgehead atoms. The minimum atomic E-state index is -3.84. The Balaban J connectivity index is 1.93.